The normalized spacial score (nSPS) is 11.0. The number of rotatable bonds is 5. The summed E-state index contributed by atoms with van der Waals surface area (Å²) in [5, 5.41) is 0.803. The molecule has 0 atom stereocenters. The lowest BCUT2D eigenvalue weighted by atomic mass is 10.1. The Labute approximate surface area is 189 Å². The van der Waals surface area contributed by atoms with E-state index in [1.165, 1.54) is 12.1 Å². The van der Waals surface area contributed by atoms with Gasteiger partial charge in [0.15, 0.2) is 0 Å². The molecule has 6 heteroatoms. The fourth-order valence-electron chi connectivity index (χ4n) is 3.65. The van der Waals surface area contributed by atoms with Crippen molar-refractivity contribution in [3.05, 3.63) is 113 Å². The summed E-state index contributed by atoms with van der Waals surface area (Å²) in [7, 11) is 1.61. The van der Waals surface area contributed by atoms with Crippen LogP contribution in [0.25, 0.3) is 33.5 Å². The highest BCUT2D eigenvalue weighted by Crippen LogP contribution is 2.26. The molecule has 5 nitrogen and oxygen atoms in total. The maximum absolute atomic E-state index is 13.3. The highest BCUT2D eigenvalue weighted by Gasteiger charge is 2.14. The molecule has 0 N–H and O–H groups in total. The zero-order chi connectivity index (χ0) is 22.8. The lowest BCUT2D eigenvalue weighted by molar-refractivity contribution is 0.415. The molecule has 2 aromatic heterocycles. The maximum atomic E-state index is 13.3. The average molecular weight is 438 g/mol. The number of hydrogen-bond acceptors (Lipinski definition) is 5. The molecule has 33 heavy (non-hydrogen) atoms. The summed E-state index contributed by atoms with van der Waals surface area (Å²) >= 11 is 0. The van der Waals surface area contributed by atoms with E-state index in [-0.39, 0.29) is 5.82 Å². The molecular weight excluding hydrogens is 419 g/mol. The maximum Gasteiger partial charge on any atom is 0.345 e. The van der Waals surface area contributed by atoms with Crippen LogP contribution in [0.5, 0.6) is 5.75 Å². The third-order valence-corrected chi connectivity index (χ3v) is 5.35. The molecule has 162 valence electrons. The molecule has 0 radical (unpaired) electrons. The molecular formula is C27H19FN2O3. The quantitative estimate of drug-likeness (QED) is 0.332. The van der Waals surface area contributed by atoms with Crippen LogP contribution in [-0.2, 0) is 6.42 Å². The van der Waals surface area contributed by atoms with Crippen molar-refractivity contribution in [1.82, 2.24) is 9.97 Å². The second kappa shape index (κ2) is 8.67. The smallest absolute Gasteiger partial charge is 0.345 e. The molecule has 3 aromatic carbocycles. The Balaban J connectivity index is 1.65. The Morgan fingerprint density at radius 1 is 0.879 bits per heavy atom. The van der Waals surface area contributed by atoms with Gasteiger partial charge in [-0.15, -0.1) is 0 Å². The van der Waals surface area contributed by atoms with Crippen molar-refractivity contribution in [2.75, 3.05) is 7.11 Å². The van der Waals surface area contributed by atoms with E-state index in [4.69, 9.17) is 14.1 Å². The summed E-state index contributed by atoms with van der Waals surface area (Å²) in [5.41, 5.74) is 3.23. The predicted octanol–water partition coefficient (Wildman–Crippen LogP) is 5.66. The Morgan fingerprint density at radius 2 is 1.61 bits per heavy atom. The van der Waals surface area contributed by atoms with E-state index in [2.05, 4.69) is 4.98 Å². The Bertz CT molecular complexity index is 1490. The number of para-hydroxylation sites is 1. The van der Waals surface area contributed by atoms with Crippen LogP contribution in [0.3, 0.4) is 0 Å². The minimum atomic E-state index is -0.471. The monoisotopic (exact) mass is 438 g/mol. The van der Waals surface area contributed by atoms with Gasteiger partial charge in [-0.3, -0.25) is 0 Å². The van der Waals surface area contributed by atoms with Crippen LogP contribution in [0.4, 0.5) is 4.39 Å². The number of benzene rings is 3. The van der Waals surface area contributed by atoms with E-state index < -0.39 is 5.63 Å². The summed E-state index contributed by atoms with van der Waals surface area (Å²) in [5.74, 6) is 0.938. The first-order valence-corrected chi connectivity index (χ1v) is 10.4. The number of methoxy groups -OCH3 is 1. The first-order chi connectivity index (χ1) is 16.1. The van der Waals surface area contributed by atoms with Gasteiger partial charge >= 0.3 is 5.63 Å². The van der Waals surface area contributed by atoms with Crippen molar-refractivity contribution < 1.29 is 13.5 Å². The minimum absolute atomic E-state index is 0.305. The van der Waals surface area contributed by atoms with Crippen molar-refractivity contribution >= 4 is 11.0 Å². The number of fused-ring (bicyclic) bond motifs is 1. The van der Waals surface area contributed by atoms with Crippen LogP contribution in [-0.4, -0.2) is 17.1 Å². The van der Waals surface area contributed by atoms with Gasteiger partial charge in [-0.05, 0) is 60.2 Å². The third kappa shape index (κ3) is 4.36. The van der Waals surface area contributed by atoms with Crippen molar-refractivity contribution in [2.45, 2.75) is 6.42 Å². The molecule has 0 saturated heterocycles. The fourth-order valence-corrected chi connectivity index (χ4v) is 3.65. The van der Waals surface area contributed by atoms with Crippen molar-refractivity contribution in [1.29, 1.82) is 0 Å². The molecule has 0 saturated carbocycles. The molecule has 5 aromatic rings. The molecule has 0 aliphatic carbocycles. The van der Waals surface area contributed by atoms with E-state index in [1.807, 2.05) is 42.5 Å². The third-order valence-electron chi connectivity index (χ3n) is 5.35. The molecule has 0 fully saturated rings. The topological polar surface area (TPSA) is 65.2 Å². The number of nitrogens with zero attached hydrogens (tertiary/aromatic N) is 2. The number of halogens is 1. The van der Waals surface area contributed by atoms with E-state index in [0.717, 1.165) is 22.3 Å². The molecule has 5 rings (SSSR count). The molecule has 0 bridgehead atoms. The van der Waals surface area contributed by atoms with Gasteiger partial charge in [0, 0.05) is 17.4 Å². The van der Waals surface area contributed by atoms with E-state index in [0.29, 0.717) is 34.8 Å². The number of hydrogen-bond donors (Lipinski definition) is 0. The first-order valence-electron chi connectivity index (χ1n) is 10.4. The summed E-state index contributed by atoms with van der Waals surface area (Å²) in [6, 6.07) is 24.6. The summed E-state index contributed by atoms with van der Waals surface area (Å²) in [6.07, 6.45) is 0.385. The van der Waals surface area contributed by atoms with E-state index in [1.54, 1.807) is 37.4 Å². The van der Waals surface area contributed by atoms with Gasteiger partial charge in [0.05, 0.1) is 24.1 Å². The Kier molecular flexibility index (Phi) is 5.40. The van der Waals surface area contributed by atoms with Crippen molar-refractivity contribution in [3.8, 4) is 28.3 Å². The van der Waals surface area contributed by atoms with E-state index >= 15 is 0 Å². The molecule has 0 aliphatic heterocycles. The minimum Gasteiger partial charge on any atom is -0.497 e. The standard InChI is InChI=1S/C27H19FN2O3/c1-32-21-12-8-18(9-13-21)23-16-24(22-15-19-4-2-3-5-25(19)33-27(22)31)30-26(29-23)14-17-6-10-20(28)11-7-17/h2-13,15-16H,14H2,1H3. The lowest BCUT2D eigenvalue weighted by Crippen LogP contribution is -2.07. The zero-order valence-corrected chi connectivity index (χ0v) is 17.8. The van der Waals surface area contributed by atoms with Gasteiger partial charge in [0.1, 0.15) is 23.0 Å². The van der Waals surface area contributed by atoms with Crippen LogP contribution >= 0.6 is 0 Å². The molecule has 0 amide bonds. The second-order valence-corrected chi connectivity index (χ2v) is 7.57. The number of ether oxygens (including phenoxy) is 1. The molecule has 0 aliphatic rings. The van der Waals surface area contributed by atoms with Gasteiger partial charge in [-0.1, -0.05) is 30.3 Å². The van der Waals surface area contributed by atoms with Crippen LogP contribution in [0.2, 0.25) is 0 Å². The fraction of sp³-hybridized carbons (Fsp3) is 0.0741. The Morgan fingerprint density at radius 3 is 2.36 bits per heavy atom. The van der Waals surface area contributed by atoms with Crippen LogP contribution < -0.4 is 10.4 Å². The van der Waals surface area contributed by atoms with E-state index in [9.17, 15) is 9.18 Å². The first kappa shape index (κ1) is 20.6. The molecule has 0 spiro atoms. The van der Waals surface area contributed by atoms with Gasteiger partial charge in [-0.25, -0.2) is 19.2 Å². The van der Waals surface area contributed by atoms with Crippen LogP contribution in [0.15, 0.2) is 94.1 Å². The van der Waals surface area contributed by atoms with Crippen LogP contribution in [0.1, 0.15) is 11.4 Å². The average Bonchev–Trinajstić information content (AvgIpc) is 2.85. The lowest BCUT2D eigenvalue weighted by Gasteiger charge is -2.10. The van der Waals surface area contributed by atoms with Gasteiger partial charge in [0.25, 0.3) is 0 Å². The number of aromatic nitrogens is 2. The zero-order valence-electron chi connectivity index (χ0n) is 17.8. The Hall–Kier alpha value is -4.32. The van der Waals surface area contributed by atoms with Gasteiger partial charge in [-0.2, -0.15) is 0 Å². The largest absolute Gasteiger partial charge is 0.497 e. The SMILES string of the molecule is COc1ccc(-c2cc(-c3cc4ccccc4oc3=O)nc(Cc3ccc(F)cc3)n2)cc1. The van der Waals surface area contributed by atoms with Gasteiger partial charge in [0.2, 0.25) is 0 Å². The summed E-state index contributed by atoms with van der Waals surface area (Å²) in [4.78, 5) is 22.2. The molecule has 2 heterocycles. The predicted molar refractivity (Wildman–Crippen MR) is 125 cm³/mol. The molecule has 0 unspecified atom stereocenters. The highest BCUT2D eigenvalue weighted by molar-refractivity contribution is 5.81. The highest BCUT2D eigenvalue weighted by atomic mass is 19.1. The van der Waals surface area contributed by atoms with Crippen molar-refractivity contribution in [2.24, 2.45) is 0 Å². The van der Waals surface area contributed by atoms with Gasteiger partial charge < -0.3 is 9.15 Å². The summed E-state index contributed by atoms with van der Waals surface area (Å²) in [6.45, 7) is 0. The summed E-state index contributed by atoms with van der Waals surface area (Å²) < 4.78 is 24.1. The van der Waals surface area contributed by atoms with Crippen LogP contribution in [0, 0.1) is 5.82 Å². The van der Waals surface area contributed by atoms with Crippen molar-refractivity contribution in [3.63, 3.8) is 0 Å². The second-order valence-electron chi connectivity index (χ2n) is 7.57.